The number of aromatic nitrogens is 2. The number of hydrogen-bond acceptors (Lipinski definition) is 6. The van der Waals surface area contributed by atoms with Gasteiger partial charge in [-0.2, -0.15) is 4.98 Å². The molecule has 0 saturated heterocycles. The Morgan fingerprint density at radius 2 is 1.92 bits per heavy atom. The average molecular weight is 409 g/mol. The molecular weight excluding hydrogens is 395 g/mol. The zero-order valence-corrected chi connectivity index (χ0v) is 15.0. The molecule has 3 rings (SSSR count). The molecular formula is C17H14BrFN2O4. The van der Waals surface area contributed by atoms with E-state index in [2.05, 4.69) is 26.1 Å². The van der Waals surface area contributed by atoms with Gasteiger partial charge in [0.25, 0.3) is 5.89 Å². The summed E-state index contributed by atoms with van der Waals surface area (Å²) in [6.45, 7) is -0.0516. The number of halogens is 2. The number of hydrogen-bond donors (Lipinski definition) is 0. The molecule has 0 aliphatic heterocycles. The maximum atomic E-state index is 13.7. The first-order chi connectivity index (χ1) is 12.1. The van der Waals surface area contributed by atoms with E-state index in [1.54, 1.807) is 38.5 Å². The first-order valence-corrected chi connectivity index (χ1v) is 8.03. The Balaban J connectivity index is 1.76. The minimum absolute atomic E-state index is 0.0516. The van der Waals surface area contributed by atoms with Crippen LogP contribution in [0.3, 0.4) is 0 Å². The third kappa shape index (κ3) is 3.90. The van der Waals surface area contributed by atoms with Crippen LogP contribution in [0.1, 0.15) is 5.89 Å². The average Bonchev–Trinajstić information content (AvgIpc) is 3.09. The summed E-state index contributed by atoms with van der Waals surface area (Å²) in [5.74, 6) is 1.38. The van der Waals surface area contributed by atoms with Crippen LogP contribution in [0.2, 0.25) is 0 Å². The number of benzene rings is 2. The normalized spacial score (nSPS) is 10.6. The van der Waals surface area contributed by atoms with Crippen molar-refractivity contribution in [3.63, 3.8) is 0 Å². The second-order valence-electron chi connectivity index (χ2n) is 4.94. The van der Waals surface area contributed by atoms with Gasteiger partial charge in [-0.25, -0.2) is 4.39 Å². The fourth-order valence-corrected chi connectivity index (χ4v) is 2.47. The molecule has 0 radical (unpaired) electrons. The molecule has 130 valence electrons. The summed E-state index contributed by atoms with van der Waals surface area (Å²) in [4.78, 5) is 4.25. The lowest BCUT2D eigenvalue weighted by Gasteiger charge is -2.07. The van der Waals surface area contributed by atoms with Crippen molar-refractivity contribution in [1.29, 1.82) is 0 Å². The molecule has 8 heteroatoms. The van der Waals surface area contributed by atoms with Crippen molar-refractivity contribution in [2.75, 3.05) is 14.2 Å². The number of nitrogens with zero attached hydrogens (tertiary/aromatic N) is 2. The van der Waals surface area contributed by atoms with Crippen LogP contribution in [0, 0.1) is 5.82 Å². The molecule has 0 spiro atoms. The van der Waals surface area contributed by atoms with E-state index < -0.39 is 5.82 Å². The monoisotopic (exact) mass is 408 g/mol. The predicted molar refractivity (Wildman–Crippen MR) is 91.3 cm³/mol. The molecule has 0 unspecified atom stereocenters. The number of methoxy groups -OCH3 is 2. The van der Waals surface area contributed by atoms with E-state index in [0.29, 0.717) is 27.4 Å². The van der Waals surface area contributed by atoms with Gasteiger partial charge in [-0.1, -0.05) is 21.1 Å². The zero-order valence-electron chi connectivity index (χ0n) is 13.5. The van der Waals surface area contributed by atoms with Gasteiger partial charge in [0.15, 0.2) is 18.2 Å². The molecule has 2 aromatic carbocycles. The SMILES string of the molecule is COc1ccc(-c2noc(COc3ccc(Br)cc3F)n2)c(OC)c1. The van der Waals surface area contributed by atoms with Gasteiger partial charge in [0, 0.05) is 10.5 Å². The van der Waals surface area contributed by atoms with Gasteiger partial charge >= 0.3 is 0 Å². The summed E-state index contributed by atoms with van der Waals surface area (Å²) >= 11 is 3.19. The van der Waals surface area contributed by atoms with Gasteiger partial charge in [0.05, 0.1) is 19.8 Å². The Morgan fingerprint density at radius 1 is 1.08 bits per heavy atom. The van der Waals surface area contributed by atoms with Crippen LogP contribution in [0.15, 0.2) is 45.4 Å². The van der Waals surface area contributed by atoms with E-state index in [0.717, 1.165) is 0 Å². The van der Waals surface area contributed by atoms with Crippen LogP contribution < -0.4 is 14.2 Å². The van der Waals surface area contributed by atoms with Crippen molar-refractivity contribution in [1.82, 2.24) is 10.1 Å². The third-order valence-corrected chi connectivity index (χ3v) is 3.86. The predicted octanol–water partition coefficient (Wildman–Crippen LogP) is 4.23. The first kappa shape index (κ1) is 17.2. The van der Waals surface area contributed by atoms with Crippen molar-refractivity contribution in [2.45, 2.75) is 6.61 Å². The summed E-state index contributed by atoms with van der Waals surface area (Å²) in [5.41, 5.74) is 0.646. The molecule has 0 amide bonds. The smallest absolute Gasteiger partial charge is 0.264 e. The highest BCUT2D eigenvalue weighted by Gasteiger charge is 2.15. The summed E-state index contributed by atoms with van der Waals surface area (Å²) in [7, 11) is 3.11. The molecule has 25 heavy (non-hydrogen) atoms. The fraction of sp³-hybridized carbons (Fsp3) is 0.176. The Morgan fingerprint density at radius 3 is 2.64 bits per heavy atom. The first-order valence-electron chi connectivity index (χ1n) is 7.23. The topological polar surface area (TPSA) is 66.6 Å². The zero-order chi connectivity index (χ0) is 17.8. The van der Waals surface area contributed by atoms with Crippen molar-refractivity contribution in [2.24, 2.45) is 0 Å². The van der Waals surface area contributed by atoms with E-state index in [1.165, 1.54) is 12.1 Å². The molecule has 6 nitrogen and oxygen atoms in total. The lowest BCUT2D eigenvalue weighted by Crippen LogP contribution is -1.98. The Labute approximate surface area is 151 Å². The lowest BCUT2D eigenvalue weighted by molar-refractivity contribution is 0.234. The van der Waals surface area contributed by atoms with Crippen LogP contribution in [0.4, 0.5) is 4.39 Å². The second-order valence-corrected chi connectivity index (χ2v) is 5.86. The van der Waals surface area contributed by atoms with Crippen molar-refractivity contribution < 1.29 is 23.1 Å². The van der Waals surface area contributed by atoms with E-state index in [-0.39, 0.29) is 18.2 Å². The highest BCUT2D eigenvalue weighted by Crippen LogP contribution is 2.31. The lowest BCUT2D eigenvalue weighted by atomic mass is 10.2. The molecule has 0 saturated carbocycles. The van der Waals surface area contributed by atoms with Gasteiger partial charge in [0.2, 0.25) is 5.82 Å². The van der Waals surface area contributed by atoms with Crippen LogP contribution in [-0.4, -0.2) is 24.4 Å². The molecule has 0 atom stereocenters. The standard InChI is InChI=1S/C17H14BrFN2O4/c1-22-11-4-5-12(15(8-11)23-2)17-20-16(25-21-17)9-24-14-6-3-10(18)7-13(14)19/h3-8H,9H2,1-2H3. The summed E-state index contributed by atoms with van der Waals surface area (Å²) < 4.78 is 35.4. The fourth-order valence-electron chi connectivity index (χ4n) is 2.14. The number of rotatable bonds is 6. The maximum absolute atomic E-state index is 13.7. The van der Waals surface area contributed by atoms with Crippen LogP contribution >= 0.6 is 15.9 Å². The third-order valence-electron chi connectivity index (χ3n) is 3.36. The summed E-state index contributed by atoms with van der Waals surface area (Å²) in [6, 6.07) is 9.77. The van der Waals surface area contributed by atoms with Gasteiger partial charge in [-0.15, -0.1) is 0 Å². The van der Waals surface area contributed by atoms with Crippen molar-refractivity contribution >= 4 is 15.9 Å². The van der Waals surface area contributed by atoms with Crippen molar-refractivity contribution in [3.8, 4) is 28.6 Å². The van der Waals surface area contributed by atoms with E-state index in [1.807, 2.05) is 0 Å². The quantitative estimate of drug-likeness (QED) is 0.607. The van der Waals surface area contributed by atoms with Crippen LogP contribution in [-0.2, 0) is 6.61 Å². The van der Waals surface area contributed by atoms with Gasteiger partial charge in [-0.3, -0.25) is 0 Å². The van der Waals surface area contributed by atoms with Gasteiger partial charge in [0.1, 0.15) is 11.5 Å². The number of ether oxygens (including phenoxy) is 3. The van der Waals surface area contributed by atoms with E-state index in [9.17, 15) is 4.39 Å². The summed E-state index contributed by atoms with van der Waals surface area (Å²) in [6.07, 6.45) is 0. The van der Waals surface area contributed by atoms with Crippen LogP contribution in [0.5, 0.6) is 17.2 Å². The molecule has 0 bridgehead atoms. The molecule has 0 aliphatic carbocycles. The molecule has 3 aromatic rings. The molecule has 0 aliphatic rings. The van der Waals surface area contributed by atoms with Crippen molar-refractivity contribution in [3.05, 3.63) is 52.6 Å². The summed E-state index contributed by atoms with van der Waals surface area (Å²) in [5, 5.41) is 3.91. The minimum Gasteiger partial charge on any atom is -0.497 e. The minimum atomic E-state index is -0.481. The highest BCUT2D eigenvalue weighted by atomic mass is 79.9. The van der Waals surface area contributed by atoms with E-state index >= 15 is 0 Å². The van der Waals surface area contributed by atoms with Gasteiger partial charge < -0.3 is 18.7 Å². The molecule has 1 aromatic heterocycles. The Kier molecular flexibility index (Phi) is 5.18. The second kappa shape index (κ2) is 7.52. The maximum Gasteiger partial charge on any atom is 0.264 e. The molecule has 1 heterocycles. The largest absolute Gasteiger partial charge is 0.497 e. The van der Waals surface area contributed by atoms with E-state index in [4.69, 9.17) is 18.7 Å². The Hall–Kier alpha value is -2.61. The molecule has 0 N–H and O–H groups in total. The van der Waals surface area contributed by atoms with Crippen LogP contribution in [0.25, 0.3) is 11.4 Å². The molecule has 0 fully saturated rings. The van der Waals surface area contributed by atoms with Gasteiger partial charge in [-0.05, 0) is 30.3 Å². The highest BCUT2D eigenvalue weighted by molar-refractivity contribution is 9.10. The Bertz CT molecular complexity index is 885.